The van der Waals surface area contributed by atoms with Crippen LogP contribution in [0.25, 0.3) is 0 Å². The lowest BCUT2D eigenvalue weighted by Gasteiger charge is -2.28. The van der Waals surface area contributed by atoms with Crippen LogP contribution in [0.2, 0.25) is 0 Å². The Morgan fingerprint density at radius 1 is 1.29 bits per heavy atom. The van der Waals surface area contributed by atoms with E-state index in [0.29, 0.717) is 10.8 Å². The average Bonchev–Trinajstić information content (AvgIpc) is 3.03. The molecule has 1 aromatic rings. The smallest absolute Gasteiger partial charge is 0.208 e. The van der Waals surface area contributed by atoms with E-state index in [0.717, 1.165) is 21.9 Å². The molecule has 0 amide bonds. The van der Waals surface area contributed by atoms with Crippen molar-refractivity contribution in [2.45, 2.75) is 50.5 Å². The number of fused-ring (bicyclic) bond motifs is 2. The van der Waals surface area contributed by atoms with Crippen molar-refractivity contribution >= 4 is 26.0 Å². The van der Waals surface area contributed by atoms with Crippen LogP contribution in [-0.4, -0.2) is 14.5 Å². The largest absolute Gasteiger partial charge is 0.240 e. The van der Waals surface area contributed by atoms with E-state index in [1.165, 1.54) is 25.7 Å². The summed E-state index contributed by atoms with van der Waals surface area (Å²) in [6.45, 7) is 3.93. The lowest BCUT2D eigenvalue weighted by atomic mass is 9.84. The minimum absolute atomic E-state index is 0.0225. The van der Waals surface area contributed by atoms with Gasteiger partial charge in [0.15, 0.2) is 0 Å². The van der Waals surface area contributed by atoms with E-state index in [1.54, 1.807) is 18.2 Å². The molecule has 4 atom stereocenters. The molecule has 0 aromatic heterocycles. The molecular formula is C16H22BrNO2S. The number of nitrogens with one attached hydrogen (secondary N) is 1. The van der Waals surface area contributed by atoms with Gasteiger partial charge in [-0.15, -0.1) is 0 Å². The lowest BCUT2D eigenvalue weighted by Crippen LogP contribution is -2.40. The molecule has 0 aliphatic heterocycles. The Hall–Kier alpha value is -0.390. The Bertz CT molecular complexity index is 644. The standard InChI is InChI=1S/C16H22BrNO2S/c1-10-7-14(5-6-16(10)17)21(19,20)18-11(2)15-9-12-3-4-13(15)8-12/h5-7,11-13,15,18H,3-4,8-9H2,1-2H3. The first-order chi connectivity index (χ1) is 9.87. The van der Waals surface area contributed by atoms with Crippen molar-refractivity contribution in [3.8, 4) is 0 Å². The Morgan fingerprint density at radius 3 is 2.62 bits per heavy atom. The highest BCUT2D eigenvalue weighted by atomic mass is 79.9. The third-order valence-corrected chi connectivity index (χ3v) is 7.66. The monoisotopic (exact) mass is 371 g/mol. The second kappa shape index (κ2) is 5.67. The van der Waals surface area contributed by atoms with E-state index in [2.05, 4.69) is 20.7 Å². The first kappa shape index (κ1) is 15.5. The van der Waals surface area contributed by atoms with Gasteiger partial charge in [-0.3, -0.25) is 0 Å². The number of hydrogen-bond donors (Lipinski definition) is 1. The Morgan fingerprint density at radius 2 is 2.05 bits per heavy atom. The van der Waals surface area contributed by atoms with Crippen molar-refractivity contribution in [1.82, 2.24) is 4.72 Å². The second-order valence-electron chi connectivity index (χ2n) is 6.66. The molecule has 0 radical (unpaired) electrons. The molecule has 2 aliphatic rings. The van der Waals surface area contributed by atoms with Gasteiger partial charge in [0.05, 0.1) is 4.90 Å². The number of halogens is 1. The van der Waals surface area contributed by atoms with Gasteiger partial charge in [0.2, 0.25) is 10.0 Å². The molecular weight excluding hydrogens is 350 g/mol. The van der Waals surface area contributed by atoms with Crippen LogP contribution in [0.3, 0.4) is 0 Å². The summed E-state index contributed by atoms with van der Waals surface area (Å²) in [7, 11) is -3.42. The van der Waals surface area contributed by atoms with Crippen molar-refractivity contribution < 1.29 is 8.42 Å². The van der Waals surface area contributed by atoms with Crippen LogP contribution in [0.15, 0.2) is 27.6 Å². The van der Waals surface area contributed by atoms with Crippen molar-refractivity contribution in [3.05, 3.63) is 28.2 Å². The Kier molecular flexibility index (Phi) is 4.19. The molecule has 3 nitrogen and oxygen atoms in total. The molecule has 2 saturated carbocycles. The summed E-state index contributed by atoms with van der Waals surface area (Å²) in [4.78, 5) is 0.359. The summed E-state index contributed by atoms with van der Waals surface area (Å²) in [6, 6.07) is 5.20. The zero-order valence-corrected chi connectivity index (χ0v) is 14.9. The van der Waals surface area contributed by atoms with Crippen LogP contribution >= 0.6 is 15.9 Å². The maximum atomic E-state index is 12.5. The molecule has 2 fully saturated rings. The van der Waals surface area contributed by atoms with Gasteiger partial charge >= 0.3 is 0 Å². The first-order valence-electron chi connectivity index (χ1n) is 7.65. The number of benzene rings is 1. The third-order valence-electron chi connectivity index (χ3n) is 5.22. The normalized spacial score (nSPS) is 29.8. The first-order valence-corrected chi connectivity index (χ1v) is 9.93. The van der Waals surface area contributed by atoms with Crippen molar-refractivity contribution in [2.75, 3.05) is 0 Å². The van der Waals surface area contributed by atoms with Crippen LogP contribution < -0.4 is 4.72 Å². The molecule has 3 rings (SSSR count). The number of aryl methyl sites for hydroxylation is 1. The topological polar surface area (TPSA) is 46.2 Å². The molecule has 0 heterocycles. The Balaban J connectivity index is 1.75. The van der Waals surface area contributed by atoms with Crippen molar-refractivity contribution in [3.63, 3.8) is 0 Å². The summed E-state index contributed by atoms with van der Waals surface area (Å²) in [6.07, 6.45) is 5.10. The Labute approximate surface area is 135 Å². The van der Waals surface area contributed by atoms with Gasteiger partial charge in [-0.2, -0.15) is 0 Å². The number of sulfonamides is 1. The van der Waals surface area contributed by atoms with Gasteiger partial charge in [-0.25, -0.2) is 13.1 Å². The number of hydrogen-bond acceptors (Lipinski definition) is 2. The van der Waals surface area contributed by atoms with E-state index < -0.39 is 10.0 Å². The van der Waals surface area contributed by atoms with Crippen LogP contribution in [0, 0.1) is 24.7 Å². The summed E-state index contributed by atoms with van der Waals surface area (Å²) in [5.74, 6) is 2.07. The van der Waals surface area contributed by atoms with Gasteiger partial charge in [0.1, 0.15) is 0 Å². The van der Waals surface area contributed by atoms with Crippen LogP contribution in [0.1, 0.15) is 38.2 Å². The highest BCUT2D eigenvalue weighted by Crippen LogP contribution is 2.49. The quantitative estimate of drug-likeness (QED) is 0.873. The van der Waals surface area contributed by atoms with E-state index in [9.17, 15) is 8.42 Å². The van der Waals surface area contributed by atoms with Crippen molar-refractivity contribution in [2.24, 2.45) is 17.8 Å². The molecule has 2 aliphatic carbocycles. The predicted molar refractivity (Wildman–Crippen MR) is 87.6 cm³/mol. The molecule has 5 heteroatoms. The SMILES string of the molecule is Cc1cc(S(=O)(=O)NC(C)C2CC3CCC2C3)ccc1Br. The second-order valence-corrected chi connectivity index (χ2v) is 9.23. The third kappa shape index (κ3) is 3.06. The maximum Gasteiger partial charge on any atom is 0.240 e. The van der Waals surface area contributed by atoms with E-state index in [4.69, 9.17) is 0 Å². The fourth-order valence-electron chi connectivity index (χ4n) is 4.09. The van der Waals surface area contributed by atoms with Crippen LogP contribution in [0.4, 0.5) is 0 Å². The number of rotatable bonds is 4. The van der Waals surface area contributed by atoms with Gasteiger partial charge < -0.3 is 0 Å². The van der Waals surface area contributed by atoms with Gasteiger partial charge in [-0.05, 0) is 74.6 Å². The molecule has 21 heavy (non-hydrogen) atoms. The fourth-order valence-corrected chi connectivity index (χ4v) is 5.72. The molecule has 4 unspecified atom stereocenters. The minimum Gasteiger partial charge on any atom is -0.208 e. The van der Waals surface area contributed by atoms with E-state index in [-0.39, 0.29) is 6.04 Å². The van der Waals surface area contributed by atoms with Gasteiger partial charge in [0.25, 0.3) is 0 Å². The summed E-state index contributed by atoms with van der Waals surface area (Å²) < 4.78 is 28.9. The molecule has 116 valence electrons. The molecule has 1 aromatic carbocycles. The average molecular weight is 372 g/mol. The van der Waals surface area contributed by atoms with Gasteiger partial charge in [0, 0.05) is 10.5 Å². The minimum atomic E-state index is -3.42. The predicted octanol–water partition coefficient (Wildman–Crippen LogP) is 3.86. The van der Waals surface area contributed by atoms with Crippen LogP contribution in [-0.2, 0) is 10.0 Å². The highest BCUT2D eigenvalue weighted by molar-refractivity contribution is 9.10. The maximum absolute atomic E-state index is 12.5. The fraction of sp³-hybridized carbons (Fsp3) is 0.625. The molecule has 0 saturated heterocycles. The van der Waals surface area contributed by atoms with E-state index in [1.807, 2.05) is 13.8 Å². The highest BCUT2D eigenvalue weighted by Gasteiger charge is 2.42. The zero-order valence-electron chi connectivity index (χ0n) is 12.5. The summed E-state index contributed by atoms with van der Waals surface area (Å²) >= 11 is 3.41. The lowest BCUT2D eigenvalue weighted by molar-refractivity contribution is 0.280. The molecule has 1 N–H and O–H groups in total. The molecule has 0 spiro atoms. The summed E-state index contributed by atoms with van der Waals surface area (Å²) in [5.41, 5.74) is 0.936. The zero-order chi connectivity index (χ0) is 15.2. The molecule has 2 bridgehead atoms. The van der Waals surface area contributed by atoms with Gasteiger partial charge in [-0.1, -0.05) is 22.4 Å². The van der Waals surface area contributed by atoms with Crippen molar-refractivity contribution in [1.29, 1.82) is 0 Å². The van der Waals surface area contributed by atoms with Crippen LogP contribution in [0.5, 0.6) is 0 Å². The summed E-state index contributed by atoms with van der Waals surface area (Å²) in [5, 5.41) is 0. The van der Waals surface area contributed by atoms with E-state index >= 15 is 0 Å².